The first-order chi connectivity index (χ1) is 17.1. The molecule has 0 saturated heterocycles. The molecule has 174 valence electrons. The van der Waals surface area contributed by atoms with Crippen molar-refractivity contribution >= 4 is 22.6 Å². The monoisotopic (exact) mass is 463 g/mol. The number of hydrogen-bond donors (Lipinski definition) is 1. The van der Waals surface area contributed by atoms with E-state index >= 15 is 0 Å². The lowest BCUT2D eigenvalue weighted by Crippen LogP contribution is -2.34. The number of esters is 1. The number of rotatable bonds is 5. The van der Waals surface area contributed by atoms with Gasteiger partial charge in [0, 0.05) is 11.1 Å². The zero-order valence-corrected chi connectivity index (χ0v) is 19.6. The number of nitrogens with one attached hydrogen (secondary N) is 1. The molecule has 0 bridgehead atoms. The summed E-state index contributed by atoms with van der Waals surface area (Å²) < 4.78 is 11.7. The van der Waals surface area contributed by atoms with Crippen LogP contribution in [0, 0.1) is 6.92 Å². The summed E-state index contributed by atoms with van der Waals surface area (Å²) in [6.07, 6.45) is 0. The second-order valence-corrected chi connectivity index (χ2v) is 8.43. The number of fused-ring (bicyclic) bond motifs is 3. The van der Waals surface area contributed by atoms with Crippen molar-refractivity contribution in [2.75, 3.05) is 6.61 Å². The van der Waals surface area contributed by atoms with Crippen LogP contribution in [0.4, 0.5) is 0 Å². The summed E-state index contributed by atoms with van der Waals surface area (Å²) in [4.78, 5) is 26.5. The summed E-state index contributed by atoms with van der Waals surface area (Å²) in [5.41, 5.74) is 3.55. The molecule has 35 heavy (non-hydrogen) atoms. The van der Waals surface area contributed by atoms with Crippen molar-refractivity contribution in [3.8, 4) is 5.75 Å². The number of amides is 1. The fourth-order valence-electron chi connectivity index (χ4n) is 4.47. The Balaban J connectivity index is 1.71. The van der Waals surface area contributed by atoms with Gasteiger partial charge in [0.2, 0.25) is 5.88 Å². The second-order valence-electron chi connectivity index (χ2n) is 8.43. The molecule has 0 fully saturated rings. The van der Waals surface area contributed by atoms with Crippen molar-refractivity contribution in [3.63, 3.8) is 0 Å². The van der Waals surface area contributed by atoms with Gasteiger partial charge in [-0.1, -0.05) is 78.4 Å². The summed E-state index contributed by atoms with van der Waals surface area (Å²) in [5, 5.41) is 4.86. The van der Waals surface area contributed by atoms with Gasteiger partial charge in [-0.05, 0) is 48.4 Å². The Kier molecular flexibility index (Phi) is 6.06. The van der Waals surface area contributed by atoms with Gasteiger partial charge in [0.25, 0.3) is 5.91 Å². The molecule has 1 aliphatic rings. The van der Waals surface area contributed by atoms with E-state index in [9.17, 15) is 9.59 Å². The van der Waals surface area contributed by atoms with Crippen molar-refractivity contribution in [2.45, 2.75) is 19.8 Å². The van der Waals surface area contributed by atoms with E-state index in [0.29, 0.717) is 11.3 Å². The Bertz CT molecular complexity index is 1440. The summed E-state index contributed by atoms with van der Waals surface area (Å²) >= 11 is 0. The average molecular weight is 464 g/mol. The largest absolute Gasteiger partial charge is 0.462 e. The molecule has 4 aromatic carbocycles. The van der Waals surface area contributed by atoms with Crippen LogP contribution in [-0.2, 0) is 9.53 Å². The zero-order valence-electron chi connectivity index (χ0n) is 19.6. The van der Waals surface area contributed by atoms with E-state index in [1.807, 2.05) is 85.8 Å². The van der Waals surface area contributed by atoms with E-state index < -0.39 is 11.9 Å². The predicted molar refractivity (Wildman–Crippen MR) is 135 cm³/mol. The molecule has 1 N–H and O–H groups in total. The standard InChI is InChI=1S/C30H25NO4/c1-3-34-30(33)27-25(21-10-5-4-6-11-21)26-23-12-8-7-9-20(23)17-18-24(26)35-29(27)31-28(32)22-15-13-19(2)14-16-22/h4-18,25H,3H2,1-2H3,(H,31,32). The smallest absolute Gasteiger partial charge is 0.340 e. The van der Waals surface area contributed by atoms with E-state index in [4.69, 9.17) is 9.47 Å². The van der Waals surface area contributed by atoms with Gasteiger partial charge >= 0.3 is 5.97 Å². The Morgan fingerprint density at radius 2 is 1.60 bits per heavy atom. The number of hydrogen-bond acceptors (Lipinski definition) is 4. The summed E-state index contributed by atoms with van der Waals surface area (Å²) in [7, 11) is 0. The lowest BCUT2D eigenvalue weighted by Gasteiger charge is -2.31. The topological polar surface area (TPSA) is 64.6 Å². The van der Waals surface area contributed by atoms with E-state index in [1.165, 1.54) is 0 Å². The van der Waals surface area contributed by atoms with Crippen LogP contribution in [0.25, 0.3) is 10.8 Å². The maximum atomic E-state index is 13.4. The number of carbonyl (C=O) groups excluding carboxylic acids is 2. The molecule has 1 unspecified atom stereocenters. The molecule has 0 radical (unpaired) electrons. The molecular weight excluding hydrogens is 438 g/mol. The van der Waals surface area contributed by atoms with Crippen molar-refractivity contribution in [2.24, 2.45) is 0 Å². The quantitative estimate of drug-likeness (QED) is 0.376. The molecule has 0 spiro atoms. The molecule has 5 heteroatoms. The minimum atomic E-state index is -0.529. The van der Waals surface area contributed by atoms with Gasteiger partial charge in [-0.3, -0.25) is 10.1 Å². The molecule has 0 saturated carbocycles. The number of benzene rings is 4. The van der Waals surface area contributed by atoms with Crippen molar-refractivity contribution < 1.29 is 19.1 Å². The molecular formula is C30H25NO4. The molecule has 5 nitrogen and oxygen atoms in total. The third-order valence-electron chi connectivity index (χ3n) is 6.13. The molecule has 1 aliphatic heterocycles. The molecule has 0 aromatic heterocycles. The predicted octanol–water partition coefficient (Wildman–Crippen LogP) is 5.88. The molecule has 0 aliphatic carbocycles. The Morgan fingerprint density at radius 1 is 0.886 bits per heavy atom. The number of carbonyl (C=O) groups is 2. The van der Waals surface area contributed by atoms with Crippen molar-refractivity contribution in [3.05, 3.63) is 125 Å². The molecule has 1 heterocycles. The van der Waals surface area contributed by atoms with E-state index in [2.05, 4.69) is 5.32 Å². The van der Waals surface area contributed by atoms with E-state index in [1.54, 1.807) is 19.1 Å². The highest BCUT2D eigenvalue weighted by molar-refractivity contribution is 6.00. The van der Waals surface area contributed by atoms with Crippen LogP contribution in [0.15, 0.2) is 102 Å². The van der Waals surface area contributed by atoms with Crippen molar-refractivity contribution in [1.29, 1.82) is 0 Å². The van der Waals surface area contributed by atoms with E-state index in [-0.39, 0.29) is 24.0 Å². The van der Waals surface area contributed by atoms with Gasteiger partial charge in [-0.25, -0.2) is 4.79 Å². The molecule has 1 amide bonds. The minimum absolute atomic E-state index is 0.0886. The summed E-state index contributed by atoms with van der Waals surface area (Å²) in [5.74, 6) is -0.703. The normalized spacial score (nSPS) is 14.7. The molecule has 5 rings (SSSR count). The van der Waals surface area contributed by atoms with Gasteiger partial charge in [-0.2, -0.15) is 0 Å². The first kappa shape index (κ1) is 22.4. The van der Waals surface area contributed by atoms with E-state index in [0.717, 1.165) is 27.5 Å². The fourth-order valence-corrected chi connectivity index (χ4v) is 4.47. The molecule has 4 aromatic rings. The second kappa shape index (κ2) is 9.47. The minimum Gasteiger partial charge on any atom is -0.462 e. The van der Waals surface area contributed by atoms with Gasteiger partial charge in [0.1, 0.15) is 11.3 Å². The van der Waals surface area contributed by atoms with Crippen molar-refractivity contribution in [1.82, 2.24) is 5.32 Å². The SMILES string of the molecule is CCOC(=O)C1=C(NC(=O)c2ccc(C)cc2)Oc2ccc3ccccc3c2C1c1ccccc1. The number of ether oxygens (including phenoxy) is 2. The van der Waals surface area contributed by atoms with Crippen LogP contribution in [-0.4, -0.2) is 18.5 Å². The van der Waals surface area contributed by atoms with Crippen LogP contribution in [0.3, 0.4) is 0 Å². The zero-order chi connectivity index (χ0) is 24.4. The average Bonchev–Trinajstić information content (AvgIpc) is 2.88. The summed E-state index contributed by atoms with van der Waals surface area (Å²) in [6, 6.07) is 28.8. The maximum absolute atomic E-state index is 13.4. The lowest BCUT2D eigenvalue weighted by molar-refractivity contribution is -0.139. The Labute approximate surface area is 204 Å². The highest BCUT2D eigenvalue weighted by Gasteiger charge is 2.38. The maximum Gasteiger partial charge on any atom is 0.340 e. The van der Waals surface area contributed by atoms with Crippen LogP contribution < -0.4 is 10.1 Å². The Morgan fingerprint density at radius 3 is 2.34 bits per heavy atom. The van der Waals surface area contributed by atoms with Crippen LogP contribution >= 0.6 is 0 Å². The van der Waals surface area contributed by atoms with Gasteiger partial charge < -0.3 is 9.47 Å². The highest BCUT2D eigenvalue weighted by atomic mass is 16.5. The highest BCUT2D eigenvalue weighted by Crippen LogP contribution is 2.46. The third-order valence-corrected chi connectivity index (χ3v) is 6.13. The third kappa shape index (κ3) is 4.28. The lowest BCUT2D eigenvalue weighted by atomic mass is 9.80. The first-order valence-corrected chi connectivity index (χ1v) is 11.6. The fraction of sp³-hybridized carbons (Fsp3) is 0.133. The van der Waals surface area contributed by atoms with Crippen LogP contribution in [0.2, 0.25) is 0 Å². The molecule has 1 atom stereocenters. The van der Waals surface area contributed by atoms with Gasteiger partial charge in [0.15, 0.2) is 0 Å². The summed E-state index contributed by atoms with van der Waals surface area (Å²) in [6.45, 7) is 3.91. The number of aryl methyl sites for hydroxylation is 1. The van der Waals surface area contributed by atoms with Gasteiger partial charge in [0.05, 0.1) is 12.5 Å². The van der Waals surface area contributed by atoms with Crippen LogP contribution in [0.5, 0.6) is 5.75 Å². The first-order valence-electron chi connectivity index (χ1n) is 11.6. The Hall–Kier alpha value is -4.38. The van der Waals surface area contributed by atoms with Gasteiger partial charge in [-0.15, -0.1) is 0 Å². The van der Waals surface area contributed by atoms with Crippen LogP contribution in [0.1, 0.15) is 39.9 Å².